The minimum atomic E-state index is -0.547. The second-order valence-corrected chi connectivity index (χ2v) is 4.92. The van der Waals surface area contributed by atoms with Crippen molar-refractivity contribution < 1.29 is 9.72 Å². The number of carbonyl (C=O) groups excluding carboxylic acids is 1. The molecule has 0 spiro atoms. The number of nitrogens with one attached hydrogen (secondary N) is 1. The van der Waals surface area contributed by atoms with Crippen LogP contribution in [0.5, 0.6) is 0 Å². The highest BCUT2D eigenvalue weighted by atomic mass is 16.6. The highest BCUT2D eigenvalue weighted by molar-refractivity contribution is 6.04. The van der Waals surface area contributed by atoms with Crippen LogP contribution in [-0.4, -0.2) is 20.8 Å². The van der Waals surface area contributed by atoms with Crippen LogP contribution < -0.4 is 5.32 Å². The SMILES string of the molecule is O=C(Nc1cnc(-c2ccccc2)nc1)c1cccc([N+](=O)[O-])c1. The molecule has 7 nitrogen and oxygen atoms in total. The van der Waals surface area contributed by atoms with E-state index in [0.29, 0.717) is 11.5 Å². The average Bonchev–Trinajstić information content (AvgIpc) is 2.63. The van der Waals surface area contributed by atoms with Crippen LogP contribution in [0.4, 0.5) is 11.4 Å². The molecule has 0 aliphatic rings. The molecule has 118 valence electrons. The Balaban J connectivity index is 1.75. The Bertz CT molecular complexity index is 880. The Labute approximate surface area is 137 Å². The lowest BCUT2D eigenvalue weighted by Gasteiger charge is -2.05. The number of nitrogens with zero attached hydrogens (tertiary/aromatic N) is 3. The van der Waals surface area contributed by atoms with Crippen LogP contribution in [-0.2, 0) is 0 Å². The molecule has 0 fully saturated rings. The Kier molecular flexibility index (Phi) is 4.24. The molecule has 0 aliphatic carbocycles. The fourth-order valence-electron chi connectivity index (χ4n) is 2.09. The summed E-state index contributed by atoms with van der Waals surface area (Å²) in [5.41, 5.74) is 1.33. The summed E-state index contributed by atoms with van der Waals surface area (Å²) in [6.45, 7) is 0. The molecule has 0 saturated carbocycles. The zero-order valence-corrected chi connectivity index (χ0v) is 12.4. The Hall–Kier alpha value is -3.61. The maximum atomic E-state index is 12.2. The van der Waals surface area contributed by atoms with Gasteiger partial charge in [0.25, 0.3) is 11.6 Å². The maximum absolute atomic E-state index is 12.2. The highest BCUT2D eigenvalue weighted by Gasteiger charge is 2.12. The average molecular weight is 320 g/mol. The molecule has 1 N–H and O–H groups in total. The lowest BCUT2D eigenvalue weighted by Crippen LogP contribution is -2.12. The predicted molar refractivity (Wildman–Crippen MR) is 88.5 cm³/mol. The summed E-state index contributed by atoms with van der Waals surface area (Å²) in [6.07, 6.45) is 2.98. The van der Waals surface area contributed by atoms with E-state index in [1.807, 2.05) is 30.3 Å². The van der Waals surface area contributed by atoms with Crippen LogP contribution in [0.15, 0.2) is 67.0 Å². The van der Waals surface area contributed by atoms with Gasteiger partial charge in [0.1, 0.15) is 0 Å². The van der Waals surface area contributed by atoms with Gasteiger partial charge in [-0.1, -0.05) is 36.4 Å². The summed E-state index contributed by atoms with van der Waals surface area (Å²) in [5.74, 6) is 0.0821. The van der Waals surface area contributed by atoms with Gasteiger partial charge in [-0.15, -0.1) is 0 Å². The molecule has 1 aromatic heterocycles. The van der Waals surface area contributed by atoms with Gasteiger partial charge in [-0.3, -0.25) is 14.9 Å². The molecule has 0 radical (unpaired) electrons. The number of carbonyl (C=O) groups is 1. The predicted octanol–water partition coefficient (Wildman–Crippen LogP) is 3.30. The molecular weight excluding hydrogens is 308 g/mol. The molecule has 1 heterocycles. The molecule has 7 heteroatoms. The fraction of sp³-hybridized carbons (Fsp3) is 0. The van der Waals surface area contributed by atoms with Crippen LogP contribution in [0.3, 0.4) is 0 Å². The third kappa shape index (κ3) is 3.41. The Morgan fingerprint density at radius 1 is 1.00 bits per heavy atom. The number of amides is 1. The number of nitro groups is 1. The van der Waals surface area contributed by atoms with E-state index in [9.17, 15) is 14.9 Å². The van der Waals surface area contributed by atoms with Gasteiger partial charge in [-0.2, -0.15) is 0 Å². The van der Waals surface area contributed by atoms with Crippen LogP contribution >= 0.6 is 0 Å². The standard InChI is InChI=1S/C17H12N4O3/c22-17(13-7-4-8-15(9-13)21(23)24)20-14-10-18-16(19-11-14)12-5-2-1-3-6-12/h1-11H,(H,20,22). The molecule has 24 heavy (non-hydrogen) atoms. The topological polar surface area (TPSA) is 98.0 Å². The van der Waals surface area contributed by atoms with E-state index < -0.39 is 10.8 Å². The van der Waals surface area contributed by atoms with Gasteiger partial charge in [0.2, 0.25) is 0 Å². The monoisotopic (exact) mass is 320 g/mol. The maximum Gasteiger partial charge on any atom is 0.270 e. The van der Waals surface area contributed by atoms with E-state index in [-0.39, 0.29) is 11.3 Å². The summed E-state index contributed by atoms with van der Waals surface area (Å²) < 4.78 is 0. The lowest BCUT2D eigenvalue weighted by molar-refractivity contribution is -0.384. The number of non-ortho nitro benzene ring substituents is 1. The number of hydrogen-bond donors (Lipinski definition) is 1. The molecular formula is C17H12N4O3. The number of aromatic nitrogens is 2. The number of anilines is 1. The number of nitro benzene ring substituents is 1. The van der Waals surface area contributed by atoms with Crippen molar-refractivity contribution in [1.29, 1.82) is 0 Å². The van der Waals surface area contributed by atoms with Gasteiger partial charge in [0.05, 0.1) is 23.0 Å². The first-order valence-electron chi connectivity index (χ1n) is 7.07. The van der Waals surface area contributed by atoms with Crippen molar-refractivity contribution in [3.63, 3.8) is 0 Å². The minimum absolute atomic E-state index is 0.140. The Morgan fingerprint density at radius 3 is 2.38 bits per heavy atom. The summed E-state index contributed by atoms with van der Waals surface area (Å²) in [4.78, 5) is 30.8. The van der Waals surface area contributed by atoms with Gasteiger partial charge in [0.15, 0.2) is 5.82 Å². The van der Waals surface area contributed by atoms with Crippen LogP contribution in [0, 0.1) is 10.1 Å². The van der Waals surface area contributed by atoms with Crippen molar-refractivity contribution in [2.45, 2.75) is 0 Å². The van der Waals surface area contributed by atoms with E-state index in [0.717, 1.165) is 5.56 Å². The molecule has 3 rings (SSSR count). The van der Waals surface area contributed by atoms with E-state index in [2.05, 4.69) is 15.3 Å². The number of benzene rings is 2. The van der Waals surface area contributed by atoms with E-state index >= 15 is 0 Å². The second kappa shape index (κ2) is 6.66. The quantitative estimate of drug-likeness (QED) is 0.587. The van der Waals surface area contributed by atoms with Crippen molar-refractivity contribution >= 4 is 17.3 Å². The van der Waals surface area contributed by atoms with E-state index in [4.69, 9.17) is 0 Å². The summed E-state index contributed by atoms with van der Waals surface area (Å²) in [6, 6.07) is 14.9. The summed E-state index contributed by atoms with van der Waals surface area (Å²) >= 11 is 0. The number of rotatable bonds is 4. The van der Waals surface area contributed by atoms with Crippen LogP contribution in [0.25, 0.3) is 11.4 Å². The molecule has 1 amide bonds. The minimum Gasteiger partial charge on any atom is -0.319 e. The molecule has 0 saturated heterocycles. The first-order chi connectivity index (χ1) is 11.6. The van der Waals surface area contributed by atoms with Gasteiger partial charge in [-0.25, -0.2) is 9.97 Å². The van der Waals surface area contributed by atoms with E-state index in [1.165, 1.54) is 36.7 Å². The van der Waals surface area contributed by atoms with Gasteiger partial charge in [-0.05, 0) is 6.07 Å². The summed E-state index contributed by atoms with van der Waals surface area (Å²) in [5, 5.41) is 13.4. The third-order valence-corrected chi connectivity index (χ3v) is 3.26. The third-order valence-electron chi connectivity index (χ3n) is 3.26. The van der Waals surface area contributed by atoms with Crippen molar-refractivity contribution in [2.75, 3.05) is 5.32 Å². The van der Waals surface area contributed by atoms with Crippen LogP contribution in [0.2, 0.25) is 0 Å². The second-order valence-electron chi connectivity index (χ2n) is 4.92. The molecule has 2 aromatic carbocycles. The molecule has 0 unspecified atom stereocenters. The first-order valence-corrected chi connectivity index (χ1v) is 7.07. The highest BCUT2D eigenvalue weighted by Crippen LogP contribution is 2.17. The zero-order valence-electron chi connectivity index (χ0n) is 12.4. The number of hydrogen-bond acceptors (Lipinski definition) is 5. The zero-order chi connectivity index (χ0) is 16.9. The largest absolute Gasteiger partial charge is 0.319 e. The Morgan fingerprint density at radius 2 is 1.71 bits per heavy atom. The van der Waals surface area contributed by atoms with Gasteiger partial charge in [0, 0.05) is 23.3 Å². The molecule has 0 bridgehead atoms. The van der Waals surface area contributed by atoms with Crippen molar-refractivity contribution in [3.8, 4) is 11.4 Å². The van der Waals surface area contributed by atoms with Crippen LogP contribution in [0.1, 0.15) is 10.4 Å². The normalized spacial score (nSPS) is 10.2. The molecule has 3 aromatic rings. The fourth-order valence-corrected chi connectivity index (χ4v) is 2.09. The molecule has 0 atom stereocenters. The van der Waals surface area contributed by atoms with Gasteiger partial charge >= 0.3 is 0 Å². The van der Waals surface area contributed by atoms with E-state index in [1.54, 1.807) is 0 Å². The lowest BCUT2D eigenvalue weighted by atomic mass is 10.2. The molecule has 0 aliphatic heterocycles. The smallest absolute Gasteiger partial charge is 0.270 e. The van der Waals surface area contributed by atoms with Crippen molar-refractivity contribution in [3.05, 3.63) is 82.7 Å². The van der Waals surface area contributed by atoms with Gasteiger partial charge < -0.3 is 5.32 Å². The van der Waals surface area contributed by atoms with Crippen molar-refractivity contribution in [1.82, 2.24) is 9.97 Å². The van der Waals surface area contributed by atoms with Crippen molar-refractivity contribution in [2.24, 2.45) is 0 Å². The first kappa shape index (κ1) is 15.3. The summed E-state index contributed by atoms with van der Waals surface area (Å²) in [7, 11) is 0.